The fourth-order valence-corrected chi connectivity index (χ4v) is 2.56. The first kappa shape index (κ1) is 19.1. The number of rotatable bonds is 6. The number of allylic oxidation sites excluding steroid dienone is 1. The smallest absolute Gasteiger partial charge is 0.130 e. The van der Waals surface area contributed by atoms with Crippen LogP contribution in [0.2, 0.25) is 0 Å². The largest absolute Gasteiger partial charge is 0.491 e. The first-order valence-corrected chi connectivity index (χ1v) is 9.03. The van der Waals surface area contributed by atoms with E-state index < -0.39 is 0 Å². The van der Waals surface area contributed by atoms with Crippen LogP contribution in [0, 0.1) is 11.3 Å². The molecule has 0 aliphatic heterocycles. The van der Waals surface area contributed by atoms with E-state index in [-0.39, 0.29) is 12.2 Å². The molecule has 0 heterocycles. The van der Waals surface area contributed by atoms with Gasteiger partial charge in [0.1, 0.15) is 11.5 Å². The summed E-state index contributed by atoms with van der Waals surface area (Å²) in [5.41, 5.74) is 2.30. The van der Waals surface area contributed by atoms with Crippen LogP contribution in [-0.4, -0.2) is 12.2 Å². The van der Waals surface area contributed by atoms with E-state index in [1.54, 1.807) is 0 Å². The van der Waals surface area contributed by atoms with E-state index in [0.717, 1.165) is 21.3 Å². The summed E-state index contributed by atoms with van der Waals surface area (Å²) in [6.45, 7) is 7.92. The zero-order valence-electron chi connectivity index (χ0n) is 14.9. The summed E-state index contributed by atoms with van der Waals surface area (Å²) in [5, 5.41) is 9.56. The quantitative estimate of drug-likeness (QED) is 0.435. The normalized spacial score (nSPS) is 11.5. The van der Waals surface area contributed by atoms with Gasteiger partial charge in [0, 0.05) is 16.1 Å². The lowest BCUT2D eigenvalue weighted by Crippen LogP contribution is -2.09. The second-order valence-corrected chi connectivity index (χ2v) is 7.13. The Labute approximate surface area is 158 Å². The molecule has 0 amide bonds. The molecule has 2 aromatic rings. The zero-order chi connectivity index (χ0) is 18.4. The van der Waals surface area contributed by atoms with Gasteiger partial charge in [0.2, 0.25) is 0 Å². The molecular formula is C21H22BrNO2. The van der Waals surface area contributed by atoms with Crippen molar-refractivity contribution in [3.05, 3.63) is 58.1 Å². The fourth-order valence-electron chi connectivity index (χ4n) is 2.30. The third-order valence-electron chi connectivity index (χ3n) is 3.30. The van der Waals surface area contributed by atoms with Gasteiger partial charge >= 0.3 is 0 Å². The van der Waals surface area contributed by atoms with Gasteiger partial charge < -0.3 is 9.47 Å². The van der Waals surface area contributed by atoms with Crippen LogP contribution in [0.3, 0.4) is 0 Å². The van der Waals surface area contributed by atoms with Gasteiger partial charge in [0.25, 0.3) is 0 Å². The summed E-state index contributed by atoms with van der Waals surface area (Å²) in [5.74, 6) is 1.46. The van der Waals surface area contributed by atoms with Crippen molar-refractivity contribution in [3.8, 4) is 17.6 Å². The molecule has 0 radical (unpaired) electrons. The molecule has 0 bridgehead atoms. The molecule has 0 saturated heterocycles. The Kier molecular flexibility index (Phi) is 6.66. The monoisotopic (exact) mass is 399 g/mol. The van der Waals surface area contributed by atoms with E-state index in [1.165, 1.54) is 0 Å². The van der Waals surface area contributed by atoms with Crippen molar-refractivity contribution in [3.63, 3.8) is 0 Å². The Morgan fingerprint density at radius 1 is 1.00 bits per heavy atom. The minimum atomic E-state index is 0.0275. The number of ether oxygens (including phenoxy) is 2. The minimum Gasteiger partial charge on any atom is -0.491 e. The molecule has 0 aliphatic rings. The topological polar surface area (TPSA) is 42.2 Å². The molecule has 0 fully saturated rings. The molecule has 4 heteroatoms. The van der Waals surface area contributed by atoms with Crippen LogP contribution in [0.15, 0.2) is 46.9 Å². The summed E-state index contributed by atoms with van der Waals surface area (Å²) >= 11 is 3.41. The van der Waals surface area contributed by atoms with Crippen molar-refractivity contribution in [1.29, 1.82) is 5.26 Å². The SMILES string of the molecule is CC(C)Oc1ccc(/C=C(/C#N)c2ccc(Br)cc2)c(OC(C)C)c1. The molecule has 3 nitrogen and oxygen atoms in total. The van der Waals surface area contributed by atoms with Crippen molar-refractivity contribution >= 4 is 27.6 Å². The summed E-state index contributed by atoms with van der Waals surface area (Å²) in [6, 6.07) is 15.6. The van der Waals surface area contributed by atoms with Crippen molar-refractivity contribution in [2.24, 2.45) is 0 Å². The van der Waals surface area contributed by atoms with Gasteiger partial charge in [-0.3, -0.25) is 0 Å². The molecule has 2 aromatic carbocycles. The summed E-state index contributed by atoms with van der Waals surface area (Å²) in [4.78, 5) is 0. The lowest BCUT2D eigenvalue weighted by Gasteiger charge is -2.16. The van der Waals surface area contributed by atoms with Gasteiger partial charge in [-0.15, -0.1) is 0 Å². The molecule has 0 unspecified atom stereocenters. The van der Waals surface area contributed by atoms with Gasteiger partial charge in [0.05, 0.1) is 23.9 Å². The number of halogens is 1. The lowest BCUT2D eigenvalue weighted by molar-refractivity contribution is 0.229. The summed E-state index contributed by atoms with van der Waals surface area (Å²) in [6.07, 6.45) is 1.96. The van der Waals surface area contributed by atoms with Crippen LogP contribution in [0.1, 0.15) is 38.8 Å². The predicted octanol–water partition coefficient (Wildman–Crippen LogP) is 6.09. The molecular weight excluding hydrogens is 378 g/mol. The fraction of sp³-hybridized carbons (Fsp3) is 0.286. The summed E-state index contributed by atoms with van der Waals surface area (Å²) < 4.78 is 12.7. The highest BCUT2D eigenvalue weighted by Gasteiger charge is 2.10. The number of nitriles is 1. The van der Waals surface area contributed by atoms with E-state index >= 15 is 0 Å². The second-order valence-electron chi connectivity index (χ2n) is 6.21. The number of hydrogen-bond acceptors (Lipinski definition) is 3. The van der Waals surface area contributed by atoms with E-state index in [4.69, 9.17) is 9.47 Å². The van der Waals surface area contributed by atoms with Crippen molar-refractivity contribution < 1.29 is 9.47 Å². The Morgan fingerprint density at radius 3 is 2.20 bits per heavy atom. The maximum atomic E-state index is 9.56. The van der Waals surface area contributed by atoms with Crippen LogP contribution in [0.25, 0.3) is 11.6 Å². The predicted molar refractivity (Wildman–Crippen MR) is 106 cm³/mol. The van der Waals surface area contributed by atoms with Gasteiger partial charge in [-0.25, -0.2) is 0 Å². The maximum absolute atomic E-state index is 9.56. The molecule has 2 rings (SSSR count). The molecule has 0 atom stereocenters. The van der Waals surface area contributed by atoms with Crippen LogP contribution in [0.4, 0.5) is 0 Å². The van der Waals surface area contributed by atoms with Crippen LogP contribution in [-0.2, 0) is 0 Å². The van der Waals surface area contributed by atoms with Gasteiger partial charge in [-0.2, -0.15) is 5.26 Å². The van der Waals surface area contributed by atoms with E-state index in [0.29, 0.717) is 11.3 Å². The highest BCUT2D eigenvalue weighted by Crippen LogP contribution is 2.30. The molecule has 130 valence electrons. The lowest BCUT2D eigenvalue weighted by atomic mass is 10.0. The van der Waals surface area contributed by atoms with Crippen LogP contribution >= 0.6 is 15.9 Å². The Balaban J connectivity index is 2.44. The Morgan fingerprint density at radius 2 is 1.64 bits per heavy atom. The van der Waals surface area contributed by atoms with Crippen LogP contribution < -0.4 is 9.47 Å². The third kappa shape index (κ3) is 5.65. The minimum absolute atomic E-state index is 0.0275. The third-order valence-corrected chi connectivity index (χ3v) is 3.82. The van der Waals surface area contributed by atoms with E-state index in [1.807, 2.05) is 76.2 Å². The van der Waals surface area contributed by atoms with Crippen molar-refractivity contribution in [1.82, 2.24) is 0 Å². The molecule has 0 saturated carbocycles. The van der Waals surface area contributed by atoms with Gasteiger partial charge in [0.15, 0.2) is 0 Å². The van der Waals surface area contributed by atoms with Gasteiger partial charge in [-0.1, -0.05) is 28.1 Å². The number of nitrogens with zero attached hydrogens (tertiary/aromatic N) is 1. The second kappa shape index (κ2) is 8.73. The average molecular weight is 400 g/mol. The molecule has 0 N–H and O–H groups in total. The van der Waals surface area contributed by atoms with Gasteiger partial charge in [-0.05, 0) is 63.6 Å². The standard InChI is InChI=1S/C21H22BrNO2/c1-14(2)24-20-10-7-17(21(12-20)25-15(3)4)11-18(13-23)16-5-8-19(22)9-6-16/h5-12,14-15H,1-4H3/b18-11-. The Bertz CT molecular complexity index is 787. The number of benzene rings is 2. The molecule has 0 spiro atoms. The van der Waals surface area contributed by atoms with E-state index in [9.17, 15) is 5.26 Å². The first-order valence-electron chi connectivity index (χ1n) is 8.24. The highest BCUT2D eigenvalue weighted by atomic mass is 79.9. The molecule has 0 aromatic heterocycles. The molecule has 25 heavy (non-hydrogen) atoms. The van der Waals surface area contributed by atoms with Crippen molar-refractivity contribution in [2.45, 2.75) is 39.9 Å². The molecule has 0 aliphatic carbocycles. The first-order chi connectivity index (χ1) is 11.9. The zero-order valence-corrected chi connectivity index (χ0v) is 16.5. The van der Waals surface area contributed by atoms with E-state index in [2.05, 4.69) is 22.0 Å². The Hall–Kier alpha value is -2.25. The average Bonchev–Trinajstić information content (AvgIpc) is 2.54. The van der Waals surface area contributed by atoms with Crippen molar-refractivity contribution in [2.75, 3.05) is 0 Å². The maximum Gasteiger partial charge on any atom is 0.130 e. The van der Waals surface area contributed by atoms with Crippen LogP contribution in [0.5, 0.6) is 11.5 Å². The summed E-state index contributed by atoms with van der Waals surface area (Å²) in [7, 11) is 0. The highest BCUT2D eigenvalue weighted by molar-refractivity contribution is 9.10. The number of hydrogen-bond donors (Lipinski definition) is 0.